The summed E-state index contributed by atoms with van der Waals surface area (Å²) in [4.78, 5) is 9.00. The monoisotopic (exact) mass is 299 g/mol. The van der Waals surface area contributed by atoms with Crippen molar-refractivity contribution in [2.24, 2.45) is 0 Å². The van der Waals surface area contributed by atoms with Crippen molar-refractivity contribution in [2.75, 3.05) is 5.88 Å². The Hall–Kier alpha value is -0.800. The molecule has 0 bridgehead atoms. The second kappa shape index (κ2) is 7.11. The number of unbranched alkanes of at least 4 members (excludes halogenated alkanes) is 3. The highest BCUT2D eigenvalue weighted by molar-refractivity contribution is 6.31. The fraction of sp³-hybridized carbons (Fsp3) is 0.571. The van der Waals surface area contributed by atoms with Gasteiger partial charge < -0.3 is 4.57 Å². The molecule has 0 aliphatic rings. The van der Waals surface area contributed by atoms with E-state index in [2.05, 4.69) is 21.5 Å². The van der Waals surface area contributed by atoms with Crippen LogP contribution in [0.3, 0.4) is 0 Å². The van der Waals surface area contributed by atoms with Gasteiger partial charge in [0.1, 0.15) is 11.3 Å². The molecule has 0 aliphatic carbocycles. The smallest absolute Gasteiger partial charge is 0.160 e. The second-order valence-electron chi connectivity index (χ2n) is 4.68. The molecule has 2 rings (SSSR count). The molecule has 5 heteroatoms. The summed E-state index contributed by atoms with van der Waals surface area (Å²) in [7, 11) is 0. The zero-order valence-electron chi connectivity index (χ0n) is 11.2. The number of hydrogen-bond acceptors (Lipinski definition) is 2. The summed E-state index contributed by atoms with van der Waals surface area (Å²) in [6, 6.07) is 1.87. The molecular weight excluding hydrogens is 281 g/mol. The number of imidazole rings is 1. The molecule has 2 aromatic rings. The van der Waals surface area contributed by atoms with Gasteiger partial charge in [-0.25, -0.2) is 9.97 Å². The maximum Gasteiger partial charge on any atom is 0.160 e. The molecule has 2 aromatic heterocycles. The molecular formula is C14H19Cl2N3. The highest BCUT2D eigenvalue weighted by Gasteiger charge is 2.11. The van der Waals surface area contributed by atoms with Gasteiger partial charge in [0.05, 0.1) is 5.02 Å². The minimum atomic E-state index is 0.575. The van der Waals surface area contributed by atoms with E-state index in [9.17, 15) is 0 Å². The molecule has 0 fully saturated rings. The van der Waals surface area contributed by atoms with Gasteiger partial charge in [-0.15, -0.1) is 11.6 Å². The Kier molecular flexibility index (Phi) is 5.46. The number of fused-ring (bicyclic) bond motifs is 1. The van der Waals surface area contributed by atoms with Crippen LogP contribution in [0.25, 0.3) is 11.2 Å². The summed E-state index contributed by atoms with van der Waals surface area (Å²) >= 11 is 11.8. The lowest BCUT2D eigenvalue weighted by Gasteiger charge is -2.07. The first kappa shape index (κ1) is 14.6. The van der Waals surface area contributed by atoms with Crippen LogP contribution < -0.4 is 0 Å². The Morgan fingerprint density at radius 3 is 2.84 bits per heavy atom. The third-order valence-corrected chi connectivity index (χ3v) is 3.58. The van der Waals surface area contributed by atoms with Crippen LogP contribution in [0.4, 0.5) is 0 Å². The van der Waals surface area contributed by atoms with Crippen LogP contribution in [0.15, 0.2) is 12.3 Å². The average Bonchev–Trinajstić information content (AvgIpc) is 2.72. The molecule has 0 amide bonds. The first-order chi connectivity index (χ1) is 9.26. The number of hydrogen-bond donors (Lipinski definition) is 0. The Morgan fingerprint density at radius 1 is 1.26 bits per heavy atom. The molecule has 0 N–H and O–H groups in total. The number of aryl methyl sites for hydroxylation is 2. The number of alkyl halides is 1. The summed E-state index contributed by atoms with van der Waals surface area (Å²) in [5.41, 5.74) is 1.78. The summed E-state index contributed by atoms with van der Waals surface area (Å²) < 4.78 is 2.18. The van der Waals surface area contributed by atoms with Gasteiger partial charge in [0.15, 0.2) is 5.65 Å². The summed E-state index contributed by atoms with van der Waals surface area (Å²) in [6.45, 7) is 3.17. The van der Waals surface area contributed by atoms with Crippen LogP contribution in [-0.2, 0) is 13.0 Å². The highest BCUT2D eigenvalue weighted by Crippen LogP contribution is 2.19. The van der Waals surface area contributed by atoms with E-state index in [1.165, 1.54) is 19.3 Å². The quantitative estimate of drug-likeness (QED) is 0.559. The number of halogens is 2. The predicted molar refractivity (Wildman–Crippen MR) is 81.1 cm³/mol. The van der Waals surface area contributed by atoms with E-state index in [1.54, 1.807) is 6.20 Å². The minimum Gasteiger partial charge on any atom is -0.313 e. The van der Waals surface area contributed by atoms with Gasteiger partial charge >= 0.3 is 0 Å². The van der Waals surface area contributed by atoms with Crippen LogP contribution in [0.2, 0.25) is 5.02 Å². The fourth-order valence-electron chi connectivity index (χ4n) is 2.24. The molecule has 3 nitrogen and oxygen atoms in total. The first-order valence-corrected chi connectivity index (χ1v) is 7.74. The van der Waals surface area contributed by atoms with Crippen molar-refractivity contribution in [3.8, 4) is 0 Å². The summed E-state index contributed by atoms with van der Waals surface area (Å²) in [6.07, 6.45) is 7.36. The molecule has 0 aromatic carbocycles. The normalized spacial score (nSPS) is 11.3. The lowest BCUT2D eigenvalue weighted by molar-refractivity contribution is 0.574. The maximum atomic E-state index is 5.97. The molecule has 0 radical (unpaired) electrons. The van der Waals surface area contributed by atoms with E-state index in [1.807, 2.05) is 6.07 Å². The minimum absolute atomic E-state index is 0.575. The van der Waals surface area contributed by atoms with Crippen LogP contribution in [-0.4, -0.2) is 20.4 Å². The Morgan fingerprint density at radius 2 is 2.11 bits per heavy atom. The van der Waals surface area contributed by atoms with E-state index in [0.29, 0.717) is 10.9 Å². The van der Waals surface area contributed by atoms with Crippen LogP contribution in [0, 0.1) is 0 Å². The third-order valence-electron chi connectivity index (χ3n) is 3.18. The molecule has 2 heterocycles. The largest absolute Gasteiger partial charge is 0.313 e. The molecule has 0 spiro atoms. The van der Waals surface area contributed by atoms with Gasteiger partial charge in [0, 0.05) is 25.0 Å². The van der Waals surface area contributed by atoms with Crippen molar-refractivity contribution in [3.63, 3.8) is 0 Å². The number of pyridine rings is 1. The van der Waals surface area contributed by atoms with E-state index >= 15 is 0 Å². The van der Waals surface area contributed by atoms with Crippen molar-refractivity contribution < 1.29 is 0 Å². The van der Waals surface area contributed by atoms with E-state index < -0.39 is 0 Å². The zero-order chi connectivity index (χ0) is 13.7. The molecule has 19 heavy (non-hydrogen) atoms. The first-order valence-electron chi connectivity index (χ1n) is 6.83. The van der Waals surface area contributed by atoms with Crippen molar-refractivity contribution >= 4 is 34.4 Å². The zero-order valence-corrected chi connectivity index (χ0v) is 12.7. The van der Waals surface area contributed by atoms with Crippen LogP contribution in [0.1, 0.15) is 38.4 Å². The fourth-order valence-corrected chi connectivity index (χ4v) is 2.56. The lowest BCUT2D eigenvalue weighted by Crippen LogP contribution is -2.05. The van der Waals surface area contributed by atoms with E-state index in [0.717, 1.165) is 36.4 Å². The number of nitrogens with zero attached hydrogens (tertiary/aromatic N) is 3. The second-order valence-corrected chi connectivity index (χ2v) is 5.49. The van der Waals surface area contributed by atoms with Gasteiger partial charge in [-0.05, 0) is 12.5 Å². The molecule has 0 saturated heterocycles. The summed E-state index contributed by atoms with van der Waals surface area (Å²) in [5, 5.41) is 0.626. The number of aromatic nitrogens is 3. The maximum absolute atomic E-state index is 5.97. The average molecular weight is 300 g/mol. The van der Waals surface area contributed by atoms with Gasteiger partial charge in [0.2, 0.25) is 0 Å². The lowest BCUT2D eigenvalue weighted by atomic mass is 10.2. The molecule has 0 unspecified atom stereocenters. The van der Waals surface area contributed by atoms with E-state index in [4.69, 9.17) is 23.2 Å². The van der Waals surface area contributed by atoms with Crippen molar-refractivity contribution in [2.45, 2.75) is 45.6 Å². The van der Waals surface area contributed by atoms with Gasteiger partial charge in [0.25, 0.3) is 0 Å². The van der Waals surface area contributed by atoms with Gasteiger partial charge in [-0.2, -0.15) is 0 Å². The van der Waals surface area contributed by atoms with Crippen LogP contribution >= 0.6 is 23.2 Å². The number of rotatable bonds is 7. The Labute approximate surface area is 123 Å². The van der Waals surface area contributed by atoms with Crippen molar-refractivity contribution in [1.29, 1.82) is 0 Å². The predicted octanol–water partition coefficient (Wildman–Crippen LogP) is 4.45. The van der Waals surface area contributed by atoms with Crippen molar-refractivity contribution in [3.05, 3.63) is 23.1 Å². The van der Waals surface area contributed by atoms with Crippen LogP contribution in [0.5, 0.6) is 0 Å². The molecule has 0 aliphatic heterocycles. The SMILES string of the molecule is CCCCCCn1c(CCCl)nc2cc(Cl)cnc21. The van der Waals surface area contributed by atoms with Gasteiger partial charge in [-0.3, -0.25) is 0 Å². The molecule has 0 saturated carbocycles. The molecule has 0 atom stereocenters. The van der Waals surface area contributed by atoms with Gasteiger partial charge in [-0.1, -0.05) is 37.8 Å². The Bertz CT molecular complexity index is 537. The summed E-state index contributed by atoms with van der Waals surface area (Å²) in [5.74, 6) is 1.59. The highest BCUT2D eigenvalue weighted by atomic mass is 35.5. The Balaban J connectivity index is 2.24. The third kappa shape index (κ3) is 3.61. The molecule has 104 valence electrons. The van der Waals surface area contributed by atoms with Crippen molar-refractivity contribution in [1.82, 2.24) is 14.5 Å². The van der Waals surface area contributed by atoms with E-state index in [-0.39, 0.29) is 0 Å². The topological polar surface area (TPSA) is 30.7 Å². The standard InChI is InChI=1S/C14H19Cl2N3/c1-2-3-4-5-8-19-13(6-7-15)18-12-9-11(16)10-17-14(12)19/h9-10H,2-8H2,1H3.